The summed E-state index contributed by atoms with van der Waals surface area (Å²) in [7, 11) is -3.64. The Morgan fingerprint density at radius 2 is 1.93 bits per heavy atom. The minimum Gasteiger partial charge on any atom is -0.379 e. The fourth-order valence-electron chi connectivity index (χ4n) is 3.71. The lowest BCUT2D eigenvalue weighted by Gasteiger charge is -2.26. The SMILES string of the molecule is O=C(NC1CCc2cc(Cl)ccc21)c1cccc(S(=O)(=O)N2CCOCC2)c1. The molecule has 0 radical (unpaired) electrons. The molecular formula is C20H21ClN2O4S. The third-order valence-electron chi connectivity index (χ3n) is 5.19. The fourth-order valence-corrected chi connectivity index (χ4v) is 5.36. The van der Waals surface area contributed by atoms with Crippen LogP contribution in [0.15, 0.2) is 47.4 Å². The number of nitrogens with one attached hydrogen (secondary N) is 1. The maximum Gasteiger partial charge on any atom is 0.251 e. The third kappa shape index (κ3) is 3.80. The molecule has 1 atom stereocenters. The molecule has 4 rings (SSSR count). The maximum absolute atomic E-state index is 12.8. The van der Waals surface area contributed by atoms with Crippen LogP contribution in [0.5, 0.6) is 0 Å². The number of morpholine rings is 1. The van der Waals surface area contributed by atoms with Crippen LogP contribution in [-0.2, 0) is 21.2 Å². The van der Waals surface area contributed by atoms with Crippen molar-refractivity contribution >= 4 is 27.5 Å². The summed E-state index contributed by atoms with van der Waals surface area (Å²) in [6.45, 7) is 1.40. The molecule has 1 heterocycles. The van der Waals surface area contributed by atoms with Gasteiger partial charge in [0, 0.05) is 23.7 Å². The number of rotatable bonds is 4. The smallest absolute Gasteiger partial charge is 0.251 e. The molecule has 0 bridgehead atoms. The summed E-state index contributed by atoms with van der Waals surface area (Å²) in [5.74, 6) is -0.285. The Kier molecular flexibility index (Phi) is 5.42. The summed E-state index contributed by atoms with van der Waals surface area (Å²) < 4.78 is 32.3. The quantitative estimate of drug-likeness (QED) is 0.825. The molecule has 1 amide bonds. The van der Waals surface area contributed by atoms with Gasteiger partial charge >= 0.3 is 0 Å². The Labute approximate surface area is 169 Å². The maximum atomic E-state index is 12.8. The zero-order valence-electron chi connectivity index (χ0n) is 15.2. The summed E-state index contributed by atoms with van der Waals surface area (Å²) in [4.78, 5) is 12.9. The van der Waals surface area contributed by atoms with E-state index >= 15 is 0 Å². The number of hydrogen-bond acceptors (Lipinski definition) is 4. The summed E-state index contributed by atoms with van der Waals surface area (Å²) in [5.41, 5.74) is 2.54. The van der Waals surface area contributed by atoms with Gasteiger partial charge in [0.2, 0.25) is 10.0 Å². The molecule has 1 saturated heterocycles. The third-order valence-corrected chi connectivity index (χ3v) is 7.32. The van der Waals surface area contributed by atoms with Gasteiger partial charge in [-0.3, -0.25) is 4.79 Å². The van der Waals surface area contributed by atoms with Crippen molar-refractivity contribution in [2.45, 2.75) is 23.8 Å². The first kappa shape index (κ1) is 19.4. The van der Waals surface area contributed by atoms with Gasteiger partial charge in [-0.25, -0.2) is 8.42 Å². The fraction of sp³-hybridized carbons (Fsp3) is 0.350. The van der Waals surface area contributed by atoms with E-state index in [1.54, 1.807) is 12.1 Å². The second kappa shape index (κ2) is 7.83. The Hall–Kier alpha value is -1.93. The highest BCUT2D eigenvalue weighted by atomic mass is 35.5. The van der Waals surface area contributed by atoms with Crippen molar-refractivity contribution in [3.8, 4) is 0 Å². The molecule has 148 valence electrons. The zero-order chi connectivity index (χ0) is 19.7. The van der Waals surface area contributed by atoms with E-state index in [1.807, 2.05) is 18.2 Å². The molecule has 1 N–H and O–H groups in total. The van der Waals surface area contributed by atoms with Crippen LogP contribution < -0.4 is 5.32 Å². The molecule has 1 aliphatic heterocycles. The van der Waals surface area contributed by atoms with Gasteiger partial charge in [-0.05, 0) is 54.3 Å². The first-order chi connectivity index (χ1) is 13.4. The molecule has 2 aliphatic rings. The number of carbonyl (C=O) groups excluding carboxylic acids is 1. The molecule has 8 heteroatoms. The topological polar surface area (TPSA) is 75.7 Å². The Bertz CT molecular complexity index is 1000. The van der Waals surface area contributed by atoms with Crippen LogP contribution in [0.3, 0.4) is 0 Å². The number of hydrogen-bond donors (Lipinski definition) is 1. The molecule has 0 aromatic heterocycles. The number of carbonyl (C=O) groups is 1. The molecule has 1 aliphatic carbocycles. The van der Waals surface area contributed by atoms with Crippen molar-refractivity contribution in [1.29, 1.82) is 0 Å². The first-order valence-electron chi connectivity index (χ1n) is 9.22. The van der Waals surface area contributed by atoms with Crippen molar-refractivity contribution in [3.05, 3.63) is 64.2 Å². The summed E-state index contributed by atoms with van der Waals surface area (Å²) in [5, 5.41) is 3.71. The van der Waals surface area contributed by atoms with Gasteiger partial charge in [0.15, 0.2) is 0 Å². The van der Waals surface area contributed by atoms with Gasteiger partial charge in [-0.15, -0.1) is 0 Å². The number of sulfonamides is 1. The van der Waals surface area contributed by atoms with E-state index in [1.165, 1.54) is 16.4 Å². The standard InChI is InChI=1S/C20H21ClN2O4S/c21-16-5-6-18-14(12-16)4-7-19(18)22-20(24)15-2-1-3-17(13-15)28(25,26)23-8-10-27-11-9-23/h1-3,5-6,12-13,19H,4,7-11H2,(H,22,24). The van der Waals surface area contributed by atoms with Crippen molar-refractivity contribution in [2.24, 2.45) is 0 Å². The lowest BCUT2D eigenvalue weighted by Crippen LogP contribution is -2.40. The normalized spacial score (nSPS) is 20.0. The Balaban J connectivity index is 1.53. The molecule has 2 aromatic carbocycles. The van der Waals surface area contributed by atoms with E-state index in [0.717, 1.165) is 24.0 Å². The van der Waals surface area contributed by atoms with Crippen LogP contribution in [0.25, 0.3) is 0 Å². The van der Waals surface area contributed by atoms with Crippen LogP contribution in [0.4, 0.5) is 0 Å². The summed E-state index contributed by atoms with van der Waals surface area (Å²) in [6.07, 6.45) is 1.65. The van der Waals surface area contributed by atoms with Crippen LogP contribution in [0, 0.1) is 0 Å². The van der Waals surface area contributed by atoms with Gasteiger partial charge in [-0.1, -0.05) is 23.7 Å². The molecule has 1 unspecified atom stereocenters. The Morgan fingerprint density at radius 1 is 1.14 bits per heavy atom. The molecule has 1 fully saturated rings. The van der Waals surface area contributed by atoms with E-state index in [9.17, 15) is 13.2 Å². The minimum absolute atomic E-state index is 0.0979. The minimum atomic E-state index is -3.64. The first-order valence-corrected chi connectivity index (χ1v) is 11.0. The molecular weight excluding hydrogens is 400 g/mol. The number of amides is 1. The highest BCUT2D eigenvalue weighted by Gasteiger charge is 2.28. The van der Waals surface area contributed by atoms with Crippen molar-refractivity contribution < 1.29 is 17.9 Å². The van der Waals surface area contributed by atoms with Crippen LogP contribution in [0.2, 0.25) is 5.02 Å². The highest BCUT2D eigenvalue weighted by molar-refractivity contribution is 7.89. The summed E-state index contributed by atoms with van der Waals surface area (Å²) >= 11 is 6.04. The molecule has 2 aromatic rings. The van der Waals surface area contributed by atoms with E-state index in [0.29, 0.717) is 36.9 Å². The molecule has 0 saturated carbocycles. The average Bonchev–Trinajstić information content (AvgIpc) is 3.10. The lowest BCUT2D eigenvalue weighted by atomic mass is 10.1. The van der Waals surface area contributed by atoms with Gasteiger partial charge in [0.25, 0.3) is 5.91 Å². The Morgan fingerprint density at radius 3 is 2.71 bits per heavy atom. The van der Waals surface area contributed by atoms with Gasteiger partial charge in [0.05, 0.1) is 24.2 Å². The molecule has 6 nitrogen and oxygen atoms in total. The predicted molar refractivity (Wildman–Crippen MR) is 106 cm³/mol. The largest absolute Gasteiger partial charge is 0.379 e. The van der Waals surface area contributed by atoms with Crippen molar-refractivity contribution in [3.63, 3.8) is 0 Å². The second-order valence-electron chi connectivity index (χ2n) is 6.95. The lowest BCUT2D eigenvalue weighted by molar-refractivity contribution is 0.0730. The van der Waals surface area contributed by atoms with E-state index < -0.39 is 10.0 Å². The number of fused-ring (bicyclic) bond motifs is 1. The number of benzene rings is 2. The highest BCUT2D eigenvalue weighted by Crippen LogP contribution is 2.33. The van der Waals surface area contributed by atoms with Crippen LogP contribution in [0.1, 0.15) is 33.9 Å². The van der Waals surface area contributed by atoms with Crippen LogP contribution >= 0.6 is 11.6 Å². The zero-order valence-corrected chi connectivity index (χ0v) is 16.8. The van der Waals surface area contributed by atoms with Crippen molar-refractivity contribution in [1.82, 2.24) is 9.62 Å². The van der Waals surface area contributed by atoms with Gasteiger partial charge < -0.3 is 10.1 Å². The van der Waals surface area contributed by atoms with E-state index in [2.05, 4.69) is 5.32 Å². The van der Waals surface area contributed by atoms with E-state index in [4.69, 9.17) is 16.3 Å². The van der Waals surface area contributed by atoms with Gasteiger partial charge in [-0.2, -0.15) is 4.31 Å². The monoisotopic (exact) mass is 420 g/mol. The average molecular weight is 421 g/mol. The van der Waals surface area contributed by atoms with Crippen LogP contribution in [-0.4, -0.2) is 44.9 Å². The second-order valence-corrected chi connectivity index (χ2v) is 9.33. The number of aryl methyl sites for hydroxylation is 1. The predicted octanol–water partition coefficient (Wildman–Crippen LogP) is 2.78. The van der Waals surface area contributed by atoms with Gasteiger partial charge in [0.1, 0.15) is 0 Å². The van der Waals surface area contributed by atoms with E-state index in [-0.39, 0.29) is 16.8 Å². The molecule has 0 spiro atoms. The van der Waals surface area contributed by atoms with Crippen molar-refractivity contribution in [2.75, 3.05) is 26.3 Å². The summed E-state index contributed by atoms with van der Waals surface area (Å²) in [6, 6.07) is 11.8. The molecule has 28 heavy (non-hydrogen) atoms. The number of nitrogens with zero attached hydrogens (tertiary/aromatic N) is 1. The number of ether oxygens (including phenoxy) is 1. The number of halogens is 1.